The van der Waals surface area contributed by atoms with Crippen molar-refractivity contribution >= 4 is 34.9 Å². The molecule has 0 saturated carbocycles. The fourth-order valence-corrected chi connectivity index (χ4v) is 4.84. The van der Waals surface area contributed by atoms with Gasteiger partial charge < -0.3 is 0 Å². The first-order valence-electron chi connectivity index (χ1n) is 9.73. The number of amides is 1. The summed E-state index contributed by atoms with van der Waals surface area (Å²) in [6.07, 6.45) is 0.778. The van der Waals surface area contributed by atoms with E-state index in [4.69, 9.17) is 4.98 Å². The van der Waals surface area contributed by atoms with E-state index in [1.54, 1.807) is 30.3 Å². The second-order valence-electron chi connectivity index (χ2n) is 7.12. The lowest BCUT2D eigenvalue weighted by Crippen LogP contribution is -2.46. The molecule has 152 valence electrons. The highest BCUT2D eigenvalue weighted by atomic mass is 32.2. The van der Waals surface area contributed by atoms with Gasteiger partial charge in [0.15, 0.2) is 5.82 Å². The molecule has 0 radical (unpaired) electrons. The van der Waals surface area contributed by atoms with Gasteiger partial charge in [-0.15, -0.1) is 11.8 Å². The van der Waals surface area contributed by atoms with Crippen LogP contribution in [0, 0.1) is 0 Å². The third kappa shape index (κ3) is 3.33. The molecule has 1 aliphatic heterocycles. The minimum absolute atomic E-state index is 0.175. The van der Waals surface area contributed by atoms with E-state index in [2.05, 4.69) is 0 Å². The number of nitrogens with zero attached hydrogens (tertiary/aromatic N) is 3. The zero-order valence-electron chi connectivity index (χ0n) is 16.3. The fourth-order valence-electron chi connectivity index (χ4n) is 3.71. The summed E-state index contributed by atoms with van der Waals surface area (Å²) in [5, 5.41) is 1.53. The Balaban J connectivity index is 1.75. The lowest BCUT2D eigenvalue weighted by Gasteiger charge is -2.28. The molecule has 5 rings (SSSR count). The van der Waals surface area contributed by atoms with Gasteiger partial charge in [-0.25, -0.2) is 9.99 Å². The molecule has 3 aromatic carbocycles. The predicted molar refractivity (Wildman–Crippen MR) is 122 cm³/mol. The molecule has 1 saturated heterocycles. The van der Waals surface area contributed by atoms with Crippen LogP contribution in [-0.4, -0.2) is 27.6 Å². The molecule has 1 fully saturated rings. The molecule has 1 amide bonds. The standard InChI is InChI=1S/C24H17N3O3S/c28-14-16-10-12-18(13-11-16)24-26(21(29)15-31-24)27-22(17-6-2-1-3-7-17)25-20-9-5-4-8-19(20)23(27)30/h1-14,24H,15H2. The first kappa shape index (κ1) is 19.3. The minimum Gasteiger partial charge on any atom is -0.298 e. The van der Waals surface area contributed by atoms with Crippen molar-refractivity contribution in [3.8, 4) is 11.4 Å². The Bertz CT molecular complexity index is 1350. The lowest BCUT2D eigenvalue weighted by molar-refractivity contribution is -0.117. The molecule has 0 N–H and O–H groups in total. The van der Waals surface area contributed by atoms with E-state index in [-0.39, 0.29) is 17.2 Å². The van der Waals surface area contributed by atoms with Gasteiger partial charge >= 0.3 is 0 Å². The van der Waals surface area contributed by atoms with Crippen LogP contribution in [0.15, 0.2) is 83.7 Å². The third-order valence-corrected chi connectivity index (χ3v) is 6.40. The van der Waals surface area contributed by atoms with Crippen molar-refractivity contribution in [2.45, 2.75) is 5.37 Å². The molecular weight excluding hydrogens is 410 g/mol. The summed E-state index contributed by atoms with van der Waals surface area (Å²) >= 11 is 1.44. The summed E-state index contributed by atoms with van der Waals surface area (Å²) in [4.78, 5) is 42.4. The lowest BCUT2D eigenvalue weighted by atomic mass is 10.1. The largest absolute Gasteiger partial charge is 0.298 e. The molecule has 1 atom stereocenters. The van der Waals surface area contributed by atoms with Gasteiger partial charge in [-0.05, 0) is 17.7 Å². The molecule has 0 aliphatic carbocycles. The molecule has 1 aromatic heterocycles. The number of para-hydroxylation sites is 1. The molecule has 0 bridgehead atoms. The van der Waals surface area contributed by atoms with Crippen molar-refractivity contribution < 1.29 is 9.59 Å². The van der Waals surface area contributed by atoms with Crippen molar-refractivity contribution in [2.75, 3.05) is 10.8 Å². The van der Waals surface area contributed by atoms with Crippen LogP contribution in [0.5, 0.6) is 0 Å². The predicted octanol–water partition coefficient (Wildman–Crippen LogP) is 3.79. The van der Waals surface area contributed by atoms with Crippen LogP contribution in [0.2, 0.25) is 0 Å². The van der Waals surface area contributed by atoms with Gasteiger partial charge in [-0.3, -0.25) is 14.4 Å². The first-order chi connectivity index (χ1) is 15.2. The van der Waals surface area contributed by atoms with E-state index < -0.39 is 5.37 Å². The summed E-state index contributed by atoms with van der Waals surface area (Å²) in [5.74, 6) is 0.480. The van der Waals surface area contributed by atoms with Crippen molar-refractivity contribution in [3.63, 3.8) is 0 Å². The van der Waals surface area contributed by atoms with Crippen LogP contribution in [-0.2, 0) is 4.79 Å². The summed E-state index contributed by atoms with van der Waals surface area (Å²) in [6.45, 7) is 0. The molecule has 6 nitrogen and oxygen atoms in total. The van der Waals surface area contributed by atoms with Crippen LogP contribution >= 0.6 is 11.8 Å². The maximum Gasteiger partial charge on any atom is 0.280 e. The number of thioether (sulfide) groups is 1. The van der Waals surface area contributed by atoms with E-state index in [9.17, 15) is 14.4 Å². The number of carbonyl (C=O) groups excluding carboxylic acids is 2. The van der Waals surface area contributed by atoms with Gasteiger partial charge in [-0.1, -0.05) is 66.7 Å². The van der Waals surface area contributed by atoms with Crippen LogP contribution < -0.4 is 10.6 Å². The number of aldehydes is 1. The highest BCUT2D eigenvalue weighted by Gasteiger charge is 2.37. The number of hydrogen-bond acceptors (Lipinski definition) is 5. The van der Waals surface area contributed by atoms with Gasteiger partial charge in [0.25, 0.3) is 11.5 Å². The Kier molecular flexibility index (Phi) is 4.88. The van der Waals surface area contributed by atoms with Crippen LogP contribution in [0.1, 0.15) is 21.3 Å². The highest BCUT2D eigenvalue weighted by Crippen LogP contribution is 2.38. The van der Waals surface area contributed by atoms with Gasteiger partial charge in [-0.2, -0.15) is 4.68 Å². The van der Waals surface area contributed by atoms with Crippen molar-refractivity contribution in [2.24, 2.45) is 0 Å². The molecular formula is C24H17N3O3S. The number of fused-ring (bicyclic) bond motifs is 1. The second kappa shape index (κ2) is 7.85. The van der Waals surface area contributed by atoms with Crippen molar-refractivity contribution in [1.82, 2.24) is 9.66 Å². The van der Waals surface area contributed by atoms with E-state index in [1.165, 1.54) is 21.4 Å². The van der Waals surface area contributed by atoms with Crippen molar-refractivity contribution in [3.05, 3.63) is 100 Å². The van der Waals surface area contributed by atoms with E-state index >= 15 is 0 Å². The monoisotopic (exact) mass is 427 g/mol. The summed E-state index contributed by atoms with van der Waals surface area (Å²) in [6, 6.07) is 23.6. The van der Waals surface area contributed by atoms with Gasteiger partial charge in [0.1, 0.15) is 11.7 Å². The quantitative estimate of drug-likeness (QED) is 0.464. The summed E-state index contributed by atoms with van der Waals surface area (Å²) < 4.78 is 1.40. The van der Waals surface area contributed by atoms with Gasteiger partial charge in [0, 0.05) is 11.1 Å². The Morgan fingerprint density at radius 2 is 1.61 bits per heavy atom. The second-order valence-corrected chi connectivity index (χ2v) is 8.19. The van der Waals surface area contributed by atoms with Gasteiger partial charge in [0.2, 0.25) is 0 Å². The molecule has 1 unspecified atom stereocenters. The molecule has 1 aliphatic rings. The minimum atomic E-state index is -0.406. The normalized spacial score (nSPS) is 16.1. The maximum absolute atomic E-state index is 13.6. The topological polar surface area (TPSA) is 72.3 Å². The van der Waals surface area contributed by atoms with Crippen LogP contribution in [0.4, 0.5) is 0 Å². The summed E-state index contributed by atoms with van der Waals surface area (Å²) in [5.41, 5.74) is 2.41. The zero-order chi connectivity index (χ0) is 21.4. The average Bonchev–Trinajstić information content (AvgIpc) is 3.20. The van der Waals surface area contributed by atoms with E-state index in [0.29, 0.717) is 22.3 Å². The number of benzene rings is 3. The summed E-state index contributed by atoms with van der Waals surface area (Å²) in [7, 11) is 0. The number of rotatable bonds is 4. The van der Waals surface area contributed by atoms with Gasteiger partial charge in [0.05, 0.1) is 16.7 Å². The van der Waals surface area contributed by atoms with Crippen LogP contribution in [0.3, 0.4) is 0 Å². The molecule has 4 aromatic rings. The highest BCUT2D eigenvalue weighted by molar-refractivity contribution is 8.00. The SMILES string of the molecule is O=Cc1ccc(C2SCC(=O)N2n2c(-c3ccccc3)nc3ccccc3c2=O)cc1. The van der Waals surface area contributed by atoms with Crippen molar-refractivity contribution in [1.29, 1.82) is 0 Å². The average molecular weight is 427 g/mol. The number of carbonyl (C=O) groups is 2. The zero-order valence-corrected chi connectivity index (χ0v) is 17.2. The first-order valence-corrected chi connectivity index (χ1v) is 10.8. The molecule has 2 heterocycles. The van der Waals surface area contributed by atoms with E-state index in [0.717, 1.165) is 17.4 Å². The Hall–Kier alpha value is -3.71. The third-order valence-electron chi connectivity index (χ3n) is 5.20. The number of aromatic nitrogens is 2. The smallest absolute Gasteiger partial charge is 0.280 e. The van der Waals surface area contributed by atoms with Crippen LogP contribution in [0.25, 0.3) is 22.3 Å². The van der Waals surface area contributed by atoms with E-state index in [1.807, 2.05) is 48.5 Å². The molecule has 31 heavy (non-hydrogen) atoms. The Morgan fingerprint density at radius 1 is 0.903 bits per heavy atom. The molecule has 0 spiro atoms. The Morgan fingerprint density at radius 3 is 2.35 bits per heavy atom. The Labute approximate surface area is 182 Å². The maximum atomic E-state index is 13.6. The number of hydrogen-bond donors (Lipinski definition) is 0. The fraction of sp³-hybridized carbons (Fsp3) is 0.0833. The molecule has 7 heteroatoms.